The van der Waals surface area contributed by atoms with Crippen LogP contribution in [-0.2, 0) is 11.4 Å². The minimum absolute atomic E-state index is 0.0803. The van der Waals surface area contributed by atoms with Crippen LogP contribution in [0, 0.1) is 5.41 Å². The second-order valence-electron chi connectivity index (χ2n) is 9.33. The number of ether oxygens (including phenoxy) is 3. The largest absolute Gasteiger partial charge is 0.496 e. The van der Waals surface area contributed by atoms with Crippen LogP contribution in [0.25, 0.3) is 0 Å². The Morgan fingerprint density at radius 1 is 0.939 bits per heavy atom. The first-order valence-corrected chi connectivity index (χ1v) is 11.8. The molecule has 0 bridgehead atoms. The van der Waals surface area contributed by atoms with E-state index in [0.29, 0.717) is 18.1 Å². The van der Waals surface area contributed by atoms with Crippen LogP contribution in [0.3, 0.4) is 0 Å². The van der Waals surface area contributed by atoms with Crippen molar-refractivity contribution in [2.75, 3.05) is 14.2 Å². The van der Waals surface area contributed by atoms with Crippen LogP contribution in [0.2, 0.25) is 0 Å². The van der Waals surface area contributed by atoms with E-state index in [1.807, 2.05) is 56.3 Å². The third-order valence-corrected chi connectivity index (χ3v) is 6.73. The highest BCUT2D eigenvalue weighted by atomic mass is 16.5. The molecule has 0 aromatic heterocycles. The maximum absolute atomic E-state index is 13.4. The van der Waals surface area contributed by atoms with Gasteiger partial charge in [0.1, 0.15) is 12.4 Å². The van der Waals surface area contributed by atoms with Crippen LogP contribution in [0.4, 0.5) is 0 Å². The van der Waals surface area contributed by atoms with E-state index in [4.69, 9.17) is 19.3 Å². The molecule has 176 valence electrons. The van der Waals surface area contributed by atoms with E-state index < -0.39 is 5.41 Å². The molecule has 1 amide bonds. The Morgan fingerprint density at radius 2 is 1.64 bits per heavy atom. The lowest BCUT2D eigenvalue weighted by molar-refractivity contribution is -0.137. The molecule has 6 heteroatoms. The molecule has 2 aromatic carbocycles. The van der Waals surface area contributed by atoms with E-state index in [-0.39, 0.29) is 11.9 Å². The first-order chi connectivity index (χ1) is 16.0. The zero-order valence-corrected chi connectivity index (χ0v) is 20.1. The molecule has 0 N–H and O–H groups in total. The third kappa shape index (κ3) is 4.70. The summed E-state index contributed by atoms with van der Waals surface area (Å²) in [6.45, 7) is 4.27. The fraction of sp³-hybridized carbons (Fsp3) is 0.481. The molecule has 1 saturated carbocycles. The Kier molecular flexibility index (Phi) is 6.91. The predicted molar refractivity (Wildman–Crippen MR) is 129 cm³/mol. The van der Waals surface area contributed by atoms with E-state index in [2.05, 4.69) is 0 Å². The number of rotatable bonds is 7. The molecule has 0 saturated heterocycles. The smallest absolute Gasteiger partial charge is 0.254 e. The Balaban J connectivity index is 1.62. The Bertz CT molecular complexity index is 1020. The quantitative estimate of drug-likeness (QED) is 0.517. The van der Waals surface area contributed by atoms with Crippen molar-refractivity contribution in [1.82, 2.24) is 5.01 Å². The number of hydrogen-bond donors (Lipinski definition) is 0. The van der Waals surface area contributed by atoms with Crippen molar-refractivity contribution in [3.63, 3.8) is 0 Å². The summed E-state index contributed by atoms with van der Waals surface area (Å²) in [5.41, 5.74) is 1.91. The normalized spacial score (nSPS) is 18.6. The highest BCUT2D eigenvalue weighted by molar-refractivity contribution is 6.19. The fourth-order valence-corrected chi connectivity index (χ4v) is 4.75. The van der Waals surface area contributed by atoms with Gasteiger partial charge in [-0.1, -0.05) is 43.9 Å². The Labute approximate surface area is 196 Å². The van der Waals surface area contributed by atoms with Gasteiger partial charge in [0.25, 0.3) is 5.91 Å². The first-order valence-electron chi connectivity index (χ1n) is 11.8. The number of carbonyl (C=O) groups is 1. The van der Waals surface area contributed by atoms with Gasteiger partial charge in [-0.25, -0.2) is 5.01 Å². The molecule has 33 heavy (non-hydrogen) atoms. The van der Waals surface area contributed by atoms with Crippen LogP contribution in [0.1, 0.15) is 63.5 Å². The van der Waals surface area contributed by atoms with Crippen molar-refractivity contribution in [3.8, 4) is 17.2 Å². The topological polar surface area (TPSA) is 60.4 Å². The van der Waals surface area contributed by atoms with Crippen LogP contribution in [-0.4, -0.2) is 36.9 Å². The summed E-state index contributed by atoms with van der Waals surface area (Å²) in [4.78, 5) is 13.4. The first kappa shape index (κ1) is 23.1. The summed E-state index contributed by atoms with van der Waals surface area (Å²) < 4.78 is 17.1. The molecule has 4 rings (SSSR count). The van der Waals surface area contributed by atoms with Crippen LogP contribution in [0.15, 0.2) is 47.6 Å². The molecule has 0 unspecified atom stereocenters. The van der Waals surface area contributed by atoms with Gasteiger partial charge in [-0.05, 0) is 51.0 Å². The van der Waals surface area contributed by atoms with Crippen molar-refractivity contribution >= 4 is 11.6 Å². The molecule has 1 fully saturated rings. The lowest BCUT2D eigenvalue weighted by atomic mass is 9.83. The van der Waals surface area contributed by atoms with Gasteiger partial charge in [0, 0.05) is 11.1 Å². The van der Waals surface area contributed by atoms with Gasteiger partial charge in [0.05, 0.1) is 31.4 Å². The number of benzene rings is 2. The average Bonchev–Trinajstić information content (AvgIpc) is 3.00. The standard InChI is InChI=1S/C27H34N2O4/c1-27(2)25(28-29(26(27)30)21-12-7-5-6-8-13-21)19-15-16-23(32-4)24(17-19)33-18-20-11-9-10-14-22(20)31-3/h9-11,14-17,21H,5-8,12-13,18H2,1-4H3. The highest BCUT2D eigenvalue weighted by Gasteiger charge is 2.46. The minimum atomic E-state index is -0.694. The van der Waals surface area contributed by atoms with E-state index >= 15 is 0 Å². The van der Waals surface area contributed by atoms with Gasteiger partial charge in [-0.3, -0.25) is 4.79 Å². The molecule has 2 aromatic rings. The molecule has 0 spiro atoms. The lowest BCUT2D eigenvalue weighted by Crippen LogP contribution is -2.39. The van der Waals surface area contributed by atoms with E-state index in [1.165, 1.54) is 12.8 Å². The molecular weight excluding hydrogens is 416 g/mol. The number of nitrogens with zero attached hydrogens (tertiary/aromatic N) is 2. The van der Waals surface area contributed by atoms with Gasteiger partial charge in [-0.2, -0.15) is 5.10 Å². The summed E-state index contributed by atoms with van der Waals surface area (Å²) in [6.07, 6.45) is 6.84. The number of carbonyl (C=O) groups excluding carboxylic acids is 1. The Morgan fingerprint density at radius 3 is 2.33 bits per heavy atom. The average molecular weight is 451 g/mol. The molecule has 1 aliphatic carbocycles. The van der Waals surface area contributed by atoms with Gasteiger partial charge < -0.3 is 14.2 Å². The maximum atomic E-state index is 13.4. The third-order valence-electron chi connectivity index (χ3n) is 6.73. The predicted octanol–water partition coefficient (Wildman–Crippen LogP) is 5.58. The number of amides is 1. The second-order valence-corrected chi connectivity index (χ2v) is 9.33. The van der Waals surface area contributed by atoms with E-state index in [1.54, 1.807) is 19.2 Å². The summed E-state index contributed by atoms with van der Waals surface area (Å²) in [7, 11) is 3.27. The molecule has 2 aliphatic rings. The zero-order valence-electron chi connectivity index (χ0n) is 20.1. The number of para-hydroxylation sites is 1. The van der Waals surface area contributed by atoms with Gasteiger partial charge in [0.2, 0.25) is 0 Å². The molecule has 6 nitrogen and oxygen atoms in total. The molecule has 1 aliphatic heterocycles. The molecule has 1 heterocycles. The fourth-order valence-electron chi connectivity index (χ4n) is 4.75. The van der Waals surface area contributed by atoms with Crippen molar-refractivity contribution in [3.05, 3.63) is 53.6 Å². The molecule has 0 atom stereocenters. The van der Waals surface area contributed by atoms with Gasteiger partial charge >= 0.3 is 0 Å². The van der Waals surface area contributed by atoms with Crippen LogP contribution in [0.5, 0.6) is 17.2 Å². The van der Waals surface area contributed by atoms with Gasteiger partial charge in [-0.15, -0.1) is 0 Å². The van der Waals surface area contributed by atoms with Gasteiger partial charge in [0.15, 0.2) is 11.5 Å². The number of hydrazone groups is 1. The minimum Gasteiger partial charge on any atom is -0.496 e. The van der Waals surface area contributed by atoms with E-state index in [9.17, 15) is 4.79 Å². The molecular formula is C27H34N2O4. The summed E-state index contributed by atoms with van der Waals surface area (Å²) in [6, 6.07) is 13.7. The monoisotopic (exact) mass is 450 g/mol. The van der Waals surface area contributed by atoms with Crippen LogP contribution >= 0.6 is 0 Å². The van der Waals surface area contributed by atoms with E-state index in [0.717, 1.165) is 48.3 Å². The summed E-state index contributed by atoms with van der Waals surface area (Å²) in [5.74, 6) is 2.10. The number of hydrogen-bond acceptors (Lipinski definition) is 5. The maximum Gasteiger partial charge on any atom is 0.254 e. The Hall–Kier alpha value is -3.02. The summed E-state index contributed by atoms with van der Waals surface area (Å²) >= 11 is 0. The lowest BCUT2D eigenvalue weighted by Gasteiger charge is -2.26. The van der Waals surface area contributed by atoms with Crippen LogP contribution < -0.4 is 14.2 Å². The van der Waals surface area contributed by atoms with Crippen molar-refractivity contribution < 1.29 is 19.0 Å². The second kappa shape index (κ2) is 9.86. The van der Waals surface area contributed by atoms with Crippen molar-refractivity contribution in [1.29, 1.82) is 0 Å². The number of methoxy groups -OCH3 is 2. The SMILES string of the molecule is COc1ccccc1COc1cc(C2=NN(C3CCCCCC3)C(=O)C2(C)C)ccc1OC. The van der Waals surface area contributed by atoms with Crippen molar-refractivity contribution in [2.45, 2.75) is 65.0 Å². The highest BCUT2D eigenvalue weighted by Crippen LogP contribution is 2.38. The molecule has 0 radical (unpaired) electrons. The zero-order chi connectivity index (χ0) is 23.4. The van der Waals surface area contributed by atoms with Crippen molar-refractivity contribution in [2.24, 2.45) is 10.5 Å². The summed E-state index contributed by atoms with van der Waals surface area (Å²) in [5, 5.41) is 6.65.